The van der Waals surface area contributed by atoms with Crippen LogP contribution >= 0.6 is 0 Å². The molecule has 0 aliphatic heterocycles. The topological polar surface area (TPSA) is 58.2 Å². The molecule has 0 aromatic heterocycles. The molecule has 78 valence electrons. The van der Waals surface area contributed by atoms with Crippen LogP contribution in [0.15, 0.2) is 11.8 Å². The van der Waals surface area contributed by atoms with E-state index < -0.39 is 0 Å². The first-order valence-electron chi connectivity index (χ1n) is 4.91. The molecule has 0 radical (unpaired) electrons. The van der Waals surface area contributed by atoms with Gasteiger partial charge in [0.25, 0.3) is 0 Å². The zero-order chi connectivity index (χ0) is 10.6. The third kappa shape index (κ3) is 2.87. The number of likely N-dealkylation sites (N-methyl/N-ethyl adjacent to an activating group) is 1. The summed E-state index contributed by atoms with van der Waals surface area (Å²) in [5.41, 5.74) is 0.869. The van der Waals surface area contributed by atoms with E-state index in [1.54, 1.807) is 13.0 Å². The summed E-state index contributed by atoms with van der Waals surface area (Å²) >= 11 is 0. The van der Waals surface area contributed by atoms with E-state index in [1.165, 1.54) is 0 Å². The van der Waals surface area contributed by atoms with Crippen molar-refractivity contribution in [3.8, 4) is 0 Å². The average Bonchev–Trinajstić information content (AvgIpc) is 2.51. The van der Waals surface area contributed by atoms with Gasteiger partial charge in [-0.05, 0) is 20.3 Å². The van der Waals surface area contributed by atoms with Gasteiger partial charge in [-0.1, -0.05) is 0 Å². The van der Waals surface area contributed by atoms with Crippen molar-refractivity contribution in [2.75, 3.05) is 6.54 Å². The first kappa shape index (κ1) is 10.8. The Morgan fingerprint density at radius 2 is 2.29 bits per heavy atom. The smallest absolute Gasteiger partial charge is 0.242 e. The molecule has 0 fully saturated rings. The number of amides is 1. The maximum Gasteiger partial charge on any atom is 0.242 e. The number of carbonyl (C=O) groups is 2. The monoisotopic (exact) mass is 196 g/mol. The Kier molecular flexibility index (Phi) is 3.68. The van der Waals surface area contributed by atoms with Crippen molar-refractivity contribution in [3.63, 3.8) is 0 Å². The summed E-state index contributed by atoms with van der Waals surface area (Å²) in [7, 11) is 0. The molecule has 1 amide bonds. The first-order chi connectivity index (χ1) is 6.63. The van der Waals surface area contributed by atoms with Crippen molar-refractivity contribution >= 4 is 11.7 Å². The lowest BCUT2D eigenvalue weighted by Gasteiger charge is -2.14. The molecule has 4 nitrogen and oxygen atoms in total. The zero-order valence-corrected chi connectivity index (χ0v) is 8.59. The number of nitrogens with one attached hydrogen (secondary N) is 2. The number of allylic oxidation sites excluding steroid dienone is 2. The van der Waals surface area contributed by atoms with Crippen LogP contribution in [0.25, 0.3) is 0 Å². The minimum absolute atomic E-state index is 0.0345. The van der Waals surface area contributed by atoms with Crippen LogP contribution < -0.4 is 10.6 Å². The molecule has 4 heteroatoms. The summed E-state index contributed by atoms with van der Waals surface area (Å²) in [5, 5.41) is 5.74. The minimum Gasteiger partial charge on any atom is -0.377 e. The highest BCUT2D eigenvalue weighted by molar-refractivity contribution is 5.93. The number of ketones is 1. The predicted octanol–water partition coefficient (Wildman–Crippen LogP) is 0.347. The molecule has 1 rings (SSSR count). The number of rotatable bonds is 4. The largest absolute Gasteiger partial charge is 0.377 e. The van der Waals surface area contributed by atoms with Crippen molar-refractivity contribution in [3.05, 3.63) is 11.8 Å². The van der Waals surface area contributed by atoms with E-state index in [0.717, 1.165) is 12.1 Å². The third-order valence-corrected chi connectivity index (χ3v) is 2.12. The van der Waals surface area contributed by atoms with Crippen LogP contribution in [-0.2, 0) is 9.59 Å². The van der Waals surface area contributed by atoms with E-state index in [0.29, 0.717) is 13.0 Å². The van der Waals surface area contributed by atoms with Gasteiger partial charge in [0.1, 0.15) is 6.04 Å². The lowest BCUT2D eigenvalue weighted by Crippen LogP contribution is -2.41. The molecule has 0 saturated carbocycles. The molecule has 1 atom stereocenters. The molecule has 0 saturated heterocycles. The molecular weight excluding hydrogens is 180 g/mol. The molecule has 14 heavy (non-hydrogen) atoms. The van der Waals surface area contributed by atoms with Crippen LogP contribution in [0.3, 0.4) is 0 Å². The second-order valence-electron chi connectivity index (χ2n) is 3.40. The third-order valence-electron chi connectivity index (χ3n) is 2.12. The second kappa shape index (κ2) is 4.79. The highest BCUT2D eigenvalue weighted by atomic mass is 16.2. The highest BCUT2D eigenvalue weighted by Crippen LogP contribution is 2.12. The molecule has 0 heterocycles. The number of hydrogen-bond acceptors (Lipinski definition) is 3. The number of hydrogen-bond donors (Lipinski definition) is 2. The summed E-state index contributed by atoms with van der Waals surface area (Å²) < 4.78 is 0. The minimum atomic E-state index is -0.271. The SMILES string of the molecule is CCNC(=O)C(C)NC1=CC(=O)CC1. The van der Waals surface area contributed by atoms with Crippen molar-refractivity contribution in [2.45, 2.75) is 32.7 Å². The first-order valence-corrected chi connectivity index (χ1v) is 4.91. The van der Waals surface area contributed by atoms with Crippen molar-refractivity contribution in [1.82, 2.24) is 10.6 Å². The van der Waals surface area contributed by atoms with Gasteiger partial charge in [-0.25, -0.2) is 0 Å². The van der Waals surface area contributed by atoms with Gasteiger partial charge in [-0.15, -0.1) is 0 Å². The summed E-state index contributed by atoms with van der Waals surface area (Å²) in [6, 6.07) is -0.271. The van der Waals surface area contributed by atoms with E-state index in [1.807, 2.05) is 6.92 Å². The van der Waals surface area contributed by atoms with E-state index >= 15 is 0 Å². The molecule has 2 N–H and O–H groups in total. The Hall–Kier alpha value is -1.32. The Labute approximate surface area is 83.8 Å². The Morgan fingerprint density at radius 3 is 2.79 bits per heavy atom. The van der Waals surface area contributed by atoms with E-state index in [9.17, 15) is 9.59 Å². The van der Waals surface area contributed by atoms with Crippen LogP contribution in [0.1, 0.15) is 26.7 Å². The van der Waals surface area contributed by atoms with E-state index in [4.69, 9.17) is 0 Å². The Bertz CT molecular complexity index is 271. The molecule has 1 aliphatic carbocycles. The van der Waals surface area contributed by atoms with Crippen molar-refractivity contribution < 1.29 is 9.59 Å². The van der Waals surface area contributed by atoms with Gasteiger partial charge in [0.2, 0.25) is 5.91 Å². The molecule has 0 bridgehead atoms. The molecule has 0 aromatic carbocycles. The maximum atomic E-state index is 11.3. The van der Waals surface area contributed by atoms with Gasteiger partial charge in [-0.2, -0.15) is 0 Å². The van der Waals surface area contributed by atoms with Gasteiger partial charge >= 0.3 is 0 Å². The zero-order valence-electron chi connectivity index (χ0n) is 8.59. The predicted molar refractivity (Wildman–Crippen MR) is 53.6 cm³/mol. The fourth-order valence-electron chi connectivity index (χ4n) is 1.38. The Balaban J connectivity index is 2.40. The fraction of sp³-hybridized carbons (Fsp3) is 0.600. The standard InChI is InChI=1S/C10H16N2O2/c1-3-11-10(14)7(2)12-8-4-5-9(13)6-8/h6-7,12H,3-5H2,1-2H3,(H,11,14). The van der Waals surface area contributed by atoms with Crippen LogP contribution in [0, 0.1) is 0 Å². The van der Waals surface area contributed by atoms with Crippen LogP contribution in [0.4, 0.5) is 0 Å². The highest BCUT2D eigenvalue weighted by Gasteiger charge is 2.16. The van der Waals surface area contributed by atoms with Gasteiger partial charge < -0.3 is 10.6 Å². The van der Waals surface area contributed by atoms with E-state index in [2.05, 4.69) is 10.6 Å². The normalized spacial score (nSPS) is 17.6. The van der Waals surface area contributed by atoms with Gasteiger partial charge in [0.15, 0.2) is 5.78 Å². The lowest BCUT2D eigenvalue weighted by molar-refractivity contribution is -0.122. The molecular formula is C10H16N2O2. The molecule has 0 aromatic rings. The molecule has 1 aliphatic rings. The van der Waals surface area contributed by atoms with Crippen LogP contribution in [-0.4, -0.2) is 24.3 Å². The summed E-state index contributed by atoms with van der Waals surface area (Å²) in [4.78, 5) is 22.2. The summed E-state index contributed by atoms with van der Waals surface area (Å²) in [6.07, 6.45) is 2.86. The quantitative estimate of drug-likeness (QED) is 0.682. The van der Waals surface area contributed by atoms with Crippen LogP contribution in [0.5, 0.6) is 0 Å². The average molecular weight is 196 g/mol. The van der Waals surface area contributed by atoms with Crippen molar-refractivity contribution in [1.29, 1.82) is 0 Å². The van der Waals surface area contributed by atoms with E-state index in [-0.39, 0.29) is 17.7 Å². The second-order valence-corrected chi connectivity index (χ2v) is 3.40. The fourth-order valence-corrected chi connectivity index (χ4v) is 1.38. The summed E-state index contributed by atoms with van der Waals surface area (Å²) in [5.74, 6) is 0.100. The molecule has 0 spiro atoms. The van der Waals surface area contributed by atoms with Crippen LogP contribution in [0.2, 0.25) is 0 Å². The van der Waals surface area contributed by atoms with Gasteiger partial charge in [-0.3, -0.25) is 9.59 Å². The van der Waals surface area contributed by atoms with Crippen molar-refractivity contribution in [2.24, 2.45) is 0 Å². The summed E-state index contributed by atoms with van der Waals surface area (Å²) in [6.45, 7) is 4.29. The van der Waals surface area contributed by atoms with Gasteiger partial charge in [0, 0.05) is 24.7 Å². The lowest BCUT2D eigenvalue weighted by atomic mass is 10.2. The number of carbonyl (C=O) groups excluding carboxylic acids is 2. The maximum absolute atomic E-state index is 11.3. The van der Waals surface area contributed by atoms with Gasteiger partial charge in [0.05, 0.1) is 0 Å². The molecule has 1 unspecified atom stereocenters. The Morgan fingerprint density at radius 1 is 1.57 bits per heavy atom.